The van der Waals surface area contributed by atoms with Crippen LogP contribution in [0, 0.1) is 12.8 Å². The molecule has 0 bridgehead atoms. The zero-order valence-corrected chi connectivity index (χ0v) is 33.0. The quantitative estimate of drug-likeness (QED) is 0.0675. The Kier molecular flexibility index (Phi) is 25.4. The van der Waals surface area contributed by atoms with Crippen molar-refractivity contribution in [3.8, 4) is 5.75 Å². The van der Waals surface area contributed by atoms with Crippen molar-refractivity contribution >= 4 is 29.8 Å². The number of hydrogen-bond donors (Lipinski definition) is 1. The molecule has 2 atom stereocenters. The van der Waals surface area contributed by atoms with Gasteiger partial charge < -0.3 is 9.29 Å². The van der Waals surface area contributed by atoms with E-state index in [0.29, 0.717) is 5.75 Å². The molecule has 46 heavy (non-hydrogen) atoms. The molecule has 0 saturated heterocycles. The maximum absolute atomic E-state index is 13.7. The van der Waals surface area contributed by atoms with E-state index >= 15 is 0 Å². The highest BCUT2D eigenvalue weighted by molar-refractivity contribution is 7.99. The molecule has 0 spiro atoms. The van der Waals surface area contributed by atoms with Gasteiger partial charge in [-0.2, -0.15) is 11.8 Å². The molecule has 0 aromatic heterocycles. The molecular weight excluding hydrogens is 605 g/mol. The molecule has 268 valence electrons. The van der Waals surface area contributed by atoms with Crippen LogP contribution in [0.25, 0.3) is 0 Å². The van der Waals surface area contributed by atoms with Crippen LogP contribution in [0.5, 0.6) is 5.75 Å². The number of thioether (sulfide) groups is 1. The zero-order chi connectivity index (χ0) is 34.0. The molecule has 1 aromatic carbocycles. The highest BCUT2D eigenvalue weighted by atomic mass is 32.2. The van der Waals surface area contributed by atoms with E-state index in [-0.39, 0.29) is 22.6 Å². The third kappa shape index (κ3) is 19.3. The minimum absolute atomic E-state index is 0.0318. The van der Waals surface area contributed by atoms with Gasteiger partial charge in [-0.1, -0.05) is 176 Å². The van der Waals surface area contributed by atoms with Crippen molar-refractivity contribution < 1.29 is 14.1 Å². The Balaban J connectivity index is 2.74. The third-order valence-corrected chi connectivity index (χ3v) is 11.5. The second-order valence-corrected chi connectivity index (χ2v) is 16.8. The van der Waals surface area contributed by atoms with Gasteiger partial charge in [0.25, 0.3) is 0 Å². The molecular formula is C41H74O3S2. The molecule has 0 amide bonds. The molecule has 3 nitrogen and oxygen atoms in total. The largest absolute Gasteiger partial charge is 0.507 e. The van der Waals surface area contributed by atoms with Crippen LogP contribution in [0.4, 0.5) is 0 Å². The first-order valence-corrected chi connectivity index (χ1v) is 21.4. The number of aryl methyl sites for hydroxylation is 1. The summed E-state index contributed by atoms with van der Waals surface area (Å²) < 4.78 is 5.92. The van der Waals surface area contributed by atoms with Gasteiger partial charge in [0.1, 0.15) is 5.75 Å². The van der Waals surface area contributed by atoms with Gasteiger partial charge in [0.15, 0.2) is 0 Å². The van der Waals surface area contributed by atoms with Gasteiger partial charge >= 0.3 is 5.97 Å². The second kappa shape index (κ2) is 27.1. The fourth-order valence-corrected chi connectivity index (χ4v) is 8.38. The minimum Gasteiger partial charge on any atom is -0.507 e. The standard InChI is InChI=1S/C41H74O3S2/c1-8-11-13-15-17-19-21-23-25-27-30-45-39(35-32-34(4)38(42)37(33-35)41(5,6)7)36(29-10-3)40(43)44-46-31-28-26-24-22-20-18-16-14-12-9-2/h32-33,36,39,42H,8-31H2,1-7H3. The zero-order valence-electron chi connectivity index (χ0n) is 31.4. The summed E-state index contributed by atoms with van der Waals surface area (Å²) in [5.41, 5.74) is 2.84. The lowest BCUT2D eigenvalue weighted by Crippen LogP contribution is -2.23. The lowest BCUT2D eigenvalue weighted by molar-refractivity contribution is -0.137. The lowest BCUT2D eigenvalue weighted by atomic mass is 9.82. The maximum Gasteiger partial charge on any atom is 0.322 e. The normalized spacial score (nSPS) is 13.2. The lowest BCUT2D eigenvalue weighted by Gasteiger charge is -2.29. The second-order valence-electron chi connectivity index (χ2n) is 14.8. The Hall–Kier alpha value is -0.810. The van der Waals surface area contributed by atoms with Crippen LogP contribution in [-0.4, -0.2) is 22.6 Å². The number of aromatic hydroxyl groups is 1. The molecule has 2 unspecified atom stereocenters. The van der Waals surface area contributed by atoms with Gasteiger partial charge in [-0.25, -0.2) is 0 Å². The Morgan fingerprint density at radius 1 is 0.696 bits per heavy atom. The minimum atomic E-state index is -0.185. The van der Waals surface area contributed by atoms with E-state index in [0.717, 1.165) is 47.5 Å². The molecule has 0 aliphatic rings. The van der Waals surface area contributed by atoms with Gasteiger partial charge in [0.05, 0.1) is 18.0 Å². The molecule has 0 aliphatic heterocycles. The Bertz CT molecular complexity index is 894. The van der Waals surface area contributed by atoms with E-state index in [1.165, 1.54) is 134 Å². The van der Waals surface area contributed by atoms with Gasteiger partial charge in [0, 0.05) is 11.0 Å². The fraction of sp³-hybridized carbons (Fsp3) is 0.829. The molecule has 1 rings (SSSR count). The fourth-order valence-electron chi connectivity index (χ4n) is 6.30. The van der Waals surface area contributed by atoms with Crippen LogP contribution in [0.3, 0.4) is 0 Å². The van der Waals surface area contributed by atoms with E-state index in [9.17, 15) is 9.90 Å². The number of rotatable bonds is 29. The Morgan fingerprint density at radius 2 is 1.15 bits per heavy atom. The van der Waals surface area contributed by atoms with Crippen molar-refractivity contribution in [3.63, 3.8) is 0 Å². The predicted octanol–water partition coefficient (Wildman–Crippen LogP) is 14.2. The molecule has 1 N–H and O–H groups in total. The SMILES string of the molecule is CCCCCCCCCCCCSOC(=O)C(CCC)C(SCCCCCCCCCCCC)c1cc(C)c(O)c(C(C)(C)C)c1. The van der Waals surface area contributed by atoms with Crippen molar-refractivity contribution in [2.45, 2.75) is 200 Å². The average molecular weight is 679 g/mol. The number of unbranched alkanes of at least 4 members (excludes halogenated alkanes) is 18. The van der Waals surface area contributed by atoms with Crippen molar-refractivity contribution in [3.05, 3.63) is 28.8 Å². The van der Waals surface area contributed by atoms with Crippen LogP contribution in [-0.2, 0) is 14.4 Å². The highest BCUT2D eigenvalue weighted by Gasteiger charge is 2.33. The summed E-state index contributed by atoms with van der Waals surface area (Å²) in [6, 6.07) is 4.29. The summed E-state index contributed by atoms with van der Waals surface area (Å²) >= 11 is 3.30. The monoisotopic (exact) mass is 679 g/mol. The van der Waals surface area contributed by atoms with Crippen molar-refractivity contribution in [2.75, 3.05) is 11.5 Å². The van der Waals surface area contributed by atoms with Crippen LogP contribution in [0.1, 0.15) is 205 Å². The number of carbonyl (C=O) groups is 1. The van der Waals surface area contributed by atoms with Crippen LogP contribution < -0.4 is 0 Å². The van der Waals surface area contributed by atoms with Gasteiger partial charge in [-0.05, 0) is 54.0 Å². The smallest absolute Gasteiger partial charge is 0.322 e. The van der Waals surface area contributed by atoms with Crippen LogP contribution in [0.2, 0.25) is 0 Å². The first-order valence-electron chi connectivity index (χ1n) is 19.5. The predicted molar refractivity (Wildman–Crippen MR) is 207 cm³/mol. The first kappa shape index (κ1) is 43.2. The number of phenols is 1. The Morgan fingerprint density at radius 3 is 1.61 bits per heavy atom. The van der Waals surface area contributed by atoms with Gasteiger partial charge in [-0.3, -0.25) is 4.79 Å². The number of phenolic OH excluding ortho intramolecular Hbond substituents is 1. The molecule has 5 heteroatoms. The number of benzene rings is 1. The molecule has 0 radical (unpaired) electrons. The van der Waals surface area contributed by atoms with Gasteiger partial charge in [-0.15, -0.1) is 0 Å². The van der Waals surface area contributed by atoms with Crippen LogP contribution in [0.15, 0.2) is 12.1 Å². The summed E-state index contributed by atoms with van der Waals surface area (Å²) in [5, 5.41) is 11.0. The molecule has 0 heterocycles. The summed E-state index contributed by atoms with van der Waals surface area (Å²) in [4.78, 5) is 13.7. The van der Waals surface area contributed by atoms with Gasteiger partial charge in [0.2, 0.25) is 0 Å². The maximum atomic E-state index is 13.7. The third-order valence-electron chi connectivity index (χ3n) is 9.24. The molecule has 0 fully saturated rings. The topological polar surface area (TPSA) is 46.5 Å². The van der Waals surface area contributed by atoms with E-state index in [4.69, 9.17) is 4.18 Å². The Labute approximate surface area is 295 Å². The van der Waals surface area contributed by atoms with Crippen molar-refractivity contribution in [1.29, 1.82) is 0 Å². The summed E-state index contributed by atoms with van der Waals surface area (Å²) in [5.74, 6) is 2.06. The highest BCUT2D eigenvalue weighted by Crippen LogP contribution is 2.44. The van der Waals surface area contributed by atoms with E-state index in [2.05, 4.69) is 53.7 Å². The number of carbonyl (C=O) groups excluding carboxylic acids is 1. The van der Waals surface area contributed by atoms with E-state index in [1.807, 2.05) is 18.7 Å². The van der Waals surface area contributed by atoms with E-state index in [1.54, 1.807) is 0 Å². The van der Waals surface area contributed by atoms with E-state index < -0.39 is 0 Å². The van der Waals surface area contributed by atoms with Crippen molar-refractivity contribution in [2.24, 2.45) is 5.92 Å². The number of hydrogen-bond acceptors (Lipinski definition) is 5. The van der Waals surface area contributed by atoms with Crippen molar-refractivity contribution in [1.82, 2.24) is 0 Å². The molecule has 1 aromatic rings. The summed E-state index contributed by atoms with van der Waals surface area (Å²) in [7, 11) is 0. The van der Waals surface area contributed by atoms with Crippen LogP contribution >= 0.6 is 23.8 Å². The summed E-state index contributed by atoms with van der Waals surface area (Å²) in [6.45, 7) is 15.2. The molecule has 0 saturated carbocycles. The molecule has 0 aliphatic carbocycles. The first-order chi connectivity index (χ1) is 22.2. The summed E-state index contributed by atoms with van der Waals surface area (Å²) in [6.07, 6.45) is 28.2. The average Bonchev–Trinajstić information content (AvgIpc) is 3.02.